The van der Waals surface area contributed by atoms with Gasteiger partial charge in [0.2, 0.25) is 0 Å². The third kappa shape index (κ3) is 4.32. The molecule has 0 radical (unpaired) electrons. The second-order valence-corrected chi connectivity index (χ2v) is 3.69. The van der Waals surface area contributed by atoms with E-state index in [4.69, 9.17) is 10.5 Å². The third-order valence-corrected chi connectivity index (χ3v) is 2.42. The van der Waals surface area contributed by atoms with E-state index in [9.17, 15) is 0 Å². The maximum atomic E-state index is 5.51. The molecule has 84 valence electrons. The number of nitrogens with one attached hydrogen (secondary N) is 1. The Morgan fingerprint density at radius 1 is 1.33 bits per heavy atom. The van der Waals surface area contributed by atoms with E-state index in [1.54, 1.807) is 7.11 Å². The zero-order valence-corrected chi connectivity index (χ0v) is 9.49. The van der Waals surface area contributed by atoms with Crippen LogP contribution in [0.1, 0.15) is 12.5 Å². The summed E-state index contributed by atoms with van der Waals surface area (Å²) < 4.78 is 5.10. The van der Waals surface area contributed by atoms with Crippen LogP contribution >= 0.6 is 0 Å². The maximum absolute atomic E-state index is 5.51. The van der Waals surface area contributed by atoms with Gasteiger partial charge in [0.05, 0.1) is 7.11 Å². The van der Waals surface area contributed by atoms with Crippen molar-refractivity contribution in [2.24, 2.45) is 5.73 Å². The lowest BCUT2D eigenvalue weighted by Gasteiger charge is -2.10. The van der Waals surface area contributed by atoms with Gasteiger partial charge in [-0.15, -0.1) is 0 Å². The summed E-state index contributed by atoms with van der Waals surface area (Å²) in [6, 6.07) is 8.55. The van der Waals surface area contributed by atoms with Crippen molar-refractivity contribution >= 4 is 0 Å². The number of hydrogen-bond donors (Lipinski definition) is 2. The van der Waals surface area contributed by atoms with Gasteiger partial charge in [-0.25, -0.2) is 0 Å². The van der Waals surface area contributed by atoms with Crippen LogP contribution < -0.4 is 15.8 Å². The van der Waals surface area contributed by atoms with Gasteiger partial charge in [-0.3, -0.25) is 0 Å². The van der Waals surface area contributed by atoms with E-state index in [2.05, 4.69) is 24.4 Å². The van der Waals surface area contributed by atoms with Crippen molar-refractivity contribution in [1.29, 1.82) is 0 Å². The summed E-state index contributed by atoms with van der Waals surface area (Å²) in [7, 11) is 1.68. The molecular weight excluding hydrogens is 188 g/mol. The van der Waals surface area contributed by atoms with Crippen LogP contribution in [-0.4, -0.2) is 26.2 Å². The molecule has 0 aromatic heterocycles. The monoisotopic (exact) mass is 208 g/mol. The van der Waals surface area contributed by atoms with Crippen molar-refractivity contribution in [3.8, 4) is 5.75 Å². The fourth-order valence-electron chi connectivity index (χ4n) is 1.34. The zero-order valence-electron chi connectivity index (χ0n) is 9.49. The number of hydrogen-bond acceptors (Lipinski definition) is 3. The van der Waals surface area contributed by atoms with E-state index >= 15 is 0 Å². The second-order valence-electron chi connectivity index (χ2n) is 3.69. The summed E-state index contributed by atoms with van der Waals surface area (Å²) in [4.78, 5) is 0. The average Bonchev–Trinajstić information content (AvgIpc) is 2.29. The van der Waals surface area contributed by atoms with Gasteiger partial charge in [0, 0.05) is 12.6 Å². The Bertz CT molecular complexity index is 271. The topological polar surface area (TPSA) is 47.3 Å². The van der Waals surface area contributed by atoms with Crippen molar-refractivity contribution in [3.05, 3.63) is 29.8 Å². The molecule has 1 unspecified atom stereocenters. The van der Waals surface area contributed by atoms with Gasteiger partial charge < -0.3 is 15.8 Å². The molecule has 0 bridgehead atoms. The molecule has 15 heavy (non-hydrogen) atoms. The molecule has 0 aliphatic carbocycles. The summed E-state index contributed by atoms with van der Waals surface area (Å²) >= 11 is 0. The summed E-state index contributed by atoms with van der Waals surface area (Å²) in [5.74, 6) is 0.905. The Morgan fingerprint density at radius 2 is 2.00 bits per heavy atom. The molecule has 3 nitrogen and oxygen atoms in total. The molecule has 1 aromatic carbocycles. The van der Waals surface area contributed by atoms with E-state index < -0.39 is 0 Å². The highest BCUT2D eigenvalue weighted by Gasteiger charge is 1.98. The Hall–Kier alpha value is -1.06. The van der Waals surface area contributed by atoms with Crippen LogP contribution in [0.4, 0.5) is 0 Å². The number of benzene rings is 1. The Labute approximate surface area is 91.6 Å². The van der Waals surface area contributed by atoms with Crippen LogP contribution in [-0.2, 0) is 6.42 Å². The summed E-state index contributed by atoms with van der Waals surface area (Å²) in [6.45, 7) is 3.74. The standard InChI is InChI=1S/C12H20N2O/c1-10(9-13)14-8-7-11-3-5-12(15-2)6-4-11/h3-6,10,14H,7-9,13H2,1-2H3. The predicted molar refractivity (Wildman–Crippen MR) is 63.2 cm³/mol. The minimum atomic E-state index is 0.392. The highest BCUT2D eigenvalue weighted by atomic mass is 16.5. The van der Waals surface area contributed by atoms with E-state index in [1.165, 1.54) is 5.56 Å². The first-order chi connectivity index (χ1) is 7.26. The largest absolute Gasteiger partial charge is 0.497 e. The van der Waals surface area contributed by atoms with E-state index in [0.717, 1.165) is 18.7 Å². The molecule has 1 aromatic rings. The van der Waals surface area contributed by atoms with Crippen molar-refractivity contribution < 1.29 is 4.74 Å². The fourth-order valence-corrected chi connectivity index (χ4v) is 1.34. The minimum absolute atomic E-state index is 0.392. The van der Waals surface area contributed by atoms with E-state index in [1.807, 2.05) is 12.1 Å². The van der Waals surface area contributed by atoms with Gasteiger partial charge >= 0.3 is 0 Å². The first-order valence-corrected chi connectivity index (χ1v) is 5.32. The number of rotatable bonds is 6. The molecule has 0 heterocycles. The highest BCUT2D eigenvalue weighted by molar-refractivity contribution is 5.27. The molecule has 0 fully saturated rings. The third-order valence-electron chi connectivity index (χ3n) is 2.42. The lowest BCUT2D eigenvalue weighted by atomic mass is 10.1. The Kier molecular flexibility index (Phi) is 5.15. The molecule has 3 N–H and O–H groups in total. The number of ether oxygens (including phenoxy) is 1. The minimum Gasteiger partial charge on any atom is -0.497 e. The van der Waals surface area contributed by atoms with Crippen LogP contribution in [0.2, 0.25) is 0 Å². The molecule has 0 aliphatic rings. The predicted octanol–water partition coefficient (Wildman–Crippen LogP) is 1.17. The van der Waals surface area contributed by atoms with Crippen LogP contribution in [0.3, 0.4) is 0 Å². The highest BCUT2D eigenvalue weighted by Crippen LogP contribution is 2.11. The molecule has 0 aliphatic heterocycles. The smallest absolute Gasteiger partial charge is 0.118 e. The molecule has 0 saturated heterocycles. The molecular formula is C12H20N2O. The van der Waals surface area contributed by atoms with Crippen molar-refractivity contribution in [1.82, 2.24) is 5.32 Å². The normalized spacial score (nSPS) is 12.5. The van der Waals surface area contributed by atoms with Crippen molar-refractivity contribution in [2.75, 3.05) is 20.2 Å². The Balaban J connectivity index is 2.31. The lowest BCUT2D eigenvalue weighted by Crippen LogP contribution is -2.34. The molecule has 1 atom stereocenters. The Morgan fingerprint density at radius 3 is 2.53 bits per heavy atom. The lowest BCUT2D eigenvalue weighted by molar-refractivity contribution is 0.414. The van der Waals surface area contributed by atoms with E-state index in [-0.39, 0.29) is 0 Å². The van der Waals surface area contributed by atoms with Gasteiger partial charge in [0.1, 0.15) is 5.75 Å². The number of methoxy groups -OCH3 is 1. The number of nitrogens with two attached hydrogens (primary N) is 1. The first-order valence-electron chi connectivity index (χ1n) is 5.32. The zero-order chi connectivity index (χ0) is 11.1. The summed E-state index contributed by atoms with van der Waals surface area (Å²) in [5, 5.41) is 3.35. The average molecular weight is 208 g/mol. The van der Waals surface area contributed by atoms with Gasteiger partial charge in [0.15, 0.2) is 0 Å². The second kappa shape index (κ2) is 6.43. The van der Waals surface area contributed by atoms with Gasteiger partial charge in [-0.2, -0.15) is 0 Å². The van der Waals surface area contributed by atoms with E-state index in [0.29, 0.717) is 12.6 Å². The summed E-state index contributed by atoms with van der Waals surface area (Å²) in [6.07, 6.45) is 1.02. The van der Waals surface area contributed by atoms with Gasteiger partial charge in [-0.1, -0.05) is 12.1 Å². The quantitative estimate of drug-likeness (QED) is 0.738. The van der Waals surface area contributed by atoms with Crippen LogP contribution in [0, 0.1) is 0 Å². The van der Waals surface area contributed by atoms with Crippen LogP contribution in [0.15, 0.2) is 24.3 Å². The van der Waals surface area contributed by atoms with Crippen LogP contribution in [0.25, 0.3) is 0 Å². The fraction of sp³-hybridized carbons (Fsp3) is 0.500. The van der Waals surface area contributed by atoms with Crippen molar-refractivity contribution in [3.63, 3.8) is 0 Å². The molecule has 0 spiro atoms. The molecule has 3 heteroatoms. The van der Waals surface area contributed by atoms with Gasteiger partial charge in [0.25, 0.3) is 0 Å². The maximum Gasteiger partial charge on any atom is 0.118 e. The van der Waals surface area contributed by atoms with Crippen LogP contribution in [0.5, 0.6) is 5.75 Å². The first kappa shape index (κ1) is 12.0. The molecule has 0 saturated carbocycles. The summed E-state index contributed by atoms with van der Waals surface area (Å²) in [5.41, 5.74) is 6.82. The molecule has 0 amide bonds. The SMILES string of the molecule is COc1ccc(CCNC(C)CN)cc1. The van der Waals surface area contributed by atoms with Gasteiger partial charge in [-0.05, 0) is 37.6 Å². The molecule has 1 rings (SSSR count). The van der Waals surface area contributed by atoms with Crippen molar-refractivity contribution in [2.45, 2.75) is 19.4 Å².